The third-order valence-corrected chi connectivity index (χ3v) is 3.29. The molecule has 0 radical (unpaired) electrons. The second kappa shape index (κ2) is 6.35. The number of hydrogen-bond acceptors (Lipinski definition) is 2. The summed E-state index contributed by atoms with van der Waals surface area (Å²) in [5.41, 5.74) is 9.60. The second-order valence-corrected chi connectivity index (χ2v) is 5.05. The van der Waals surface area contributed by atoms with E-state index < -0.39 is 0 Å². The molecule has 0 spiro atoms. The van der Waals surface area contributed by atoms with Gasteiger partial charge in [-0.1, -0.05) is 42.0 Å². The molecule has 0 aliphatic rings. The molecule has 0 bridgehead atoms. The number of nitrogens with zero attached hydrogens (tertiary/aromatic N) is 1. The van der Waals surface area contributed by atoms with E-state index in [0.717, 1.165) is 22.3 Å². The van der Waals surface area contributed by atoms with Crippen LogP contribution in [0.3, 0.4) is 0 Å². The Labute approximate surface area is 120 Å². The summed E-state index contributed by atoms with van der Waals surface area (Å²) in [7, 11) is 1.82. The predicted octanol–water partition coefficient (Wildman–Crippen LogP) is 2.73. The zero-order valence-corrected chi connectivity index (χ0v) is 12.0. The molecule has 0 aromatic heterocycles. The molecule has 0 aliphatic heterocycles. The number of carbonyl (C=O) groups is 1. The predicted molar refractivity (Wildman–Crippen MR) is 81.3 cm³/mol. The summed E-state index contributed by atoms with van der Waals surface area (Å²) in [5.74, 6) is 0.0385. The molecule has 1 amide bonds. The van der Waals surface area contributed by atoms with Gasteiger partial charge in [0, 0.05) is 25.7 Å². The van der Waals surface area contributed by atoms with Crippen LogP contribution in [0.15, 0.2) is 48.5 Å². The van der Waals surface area contributed by atoms with Crippen molar-refractivity contribution in [3.8, 4) is 0 Å². The van der Waals surface area contributed by atoms with Crippen LogP contribution in [0.2, 0.25) is 0 Å². The SMILES string of the molecule is Cc1cccc(C(=O)N(C)Cc2ccc(CN)cc2)c1. The summed E-state index contributed by atoms with van der Waals surface area (Å²) in [4.78, 5) is 14.1. The van der Waals surface area contributed by atoms with E-state index in [0.29, 0.717) is 13.1 Å². The maximum atomic E-state index is 12.3. The lowest BCUT2D eigenvalue weighted by Crippen LogP contribution is -2.26. The maximum absolute atomic E-state index is 12.3. The molecule has 3 heteroatoms. The monoisotopic (exact) mass is 268 g/mol. The summed E-state index contributed by atoms with van der Waals surface area (Å²) >= 11 is 0. The molecule has 0 unspecified atom stereocenters. The van der Waals surface area contributed by atoms with Gasteiger partial charge in [-0.25, -0.2) is 0 Å². The van der Waals surface area contributed by atoms with E-state index in [1.54, 1.807) is 4.90 Å². The van der Waals surface area contributed by atoms with Gasteiger partial charge in [0.15, 0.2) is 0 Å². The van der Waals surface area contributed by atoms with Crippen LogP contribution >= 0.6 is 0 Å². The zero-order chi connectivity index (χ0) is 14.5. The van der Waals surface area contributed by atoms with Crippen molar-refractivity contribution in [2.24, 2.45) is 5.73 Å². The Morgan fingerprint density at radius 3 is 2.35 bits per heavy atom. The Balaban J connectivity index is 2.07. The lowest BCUT2D eigenvalue weighted by atomic mass is 10.1. The fraction of sp³-hybridized carbons (Fsp3) is 0.235. The van der Waals surface area contributed by atoms with Crippen LogP contribution in [0, 0.1) is 6.92 Å². The van der Waals surface area contributed by atoms with Gasteiger partial charge in [0.1, 0.15) is 0 Å². The van der Waals surface area contributed by atoms with Crippen molar-refractivity contribution >= 4 is 5.91 Å². The third kappa shape index (κ3) is 3.45. The van der Waals surface area contributed by atoms with E-state index in [1.165, 1.54) is 0 Å². The smallest absolute Gasteiger partial charge is 0.253 e. The molecule has 2 N–H and O–H groups in total. The molecule has 0 heterocycles. The van der Waals surface area contributed by atoms with Gasteiger partial charge in [-0.15, -0.1) is 0 Å². The normalized spacial score (nSPS) is 10.3. The fourth-order valence-electron chi connectivity index (χ4n) is 2.12. The van der Waals surface area contributed by atoms with Crippen molar-refractivity contribution in [3.63, 3.8) is 0 Å². The van der Waals surface area contributed by atoms with Crippen LogP contribution in [-0.2, 0) is 13.1 Å². The van der Waals surface area contributed by atoms with Gasteiger partial charge in [-0.2, -0.15) is 0 Å². The highest BCUT2D eigenvalue weighted by Crippen LogP contribution is 2.11. The van der Waals surface area contributed by atoms with Crippen LogP contribution in [0.25, 0.3) is 0 Å². The van der Waals surface area contributed by atoms with E-state index in [4.69, 9.17) is 5.73 Å². The minimum Gasteiger partial charge on any atom is -0.337 e. The van der Waals surface area contributed by atoms with Crippen LogP contribution in [0.1, 0.15) is 27.0 Å². The van der Waals surface area contributed by atoms with E-state index in [1.807, 2.05) is 62.5 Å². The highest BCUT2D eigenvalue weighted by molar-refractivity contribution is 5.94. The van der Waals surface area contributed by atoms with E-state index >= 15 is 0 Å². The summed E-state index contributed by atoms with van der Waals surface area (Å²) < 4.78 is 0. The van der Waals surface area contributed by atoms with Crippen molar-refractivity contribution in [1.29, 1.82) is 0 Å². The molecular weight excluding hydrogens is 248 g/mol. The first kappa shape index (κ1) is 14.3. The Morgan fingerprint density at radius 2 is 1.75 bits per heavy atom. The number of rotatable bonds is 4. The highest BCUT2D eigenvalue weighted by Gasteiger charge is 2.11. The molecule has 0 saturated carbocycles. The molecule has 3 nitrogen and oxygen atoms in total. The number of amides is 1. The largest absolute Gasteiger partial charge is 0.337 e. The third-order valence-electron chi connectivity index (χ3n) is 3.29. The molecule has 2 aromatic carbocycles. The van der Waals surface area contributed by atoms with Crippen LogP contribution < -0.4 is 5.73 Å². The number of aryl methyl sites for hydroxylation is 1. The molecule has 0 aliphatic carbocycles. The van der Waals surface area contributed by atoms with E-state index in [2.05, 4.69) is 0 Å². The van der Waals surface area contributed by atoms with Gasteiger partial charge in [0.2, 0.25) is 0 Å². The van der Waals surface area contributed by atoms with Gasteiger partial charge in [0.25, 0.3) is 5.91 Å². The lowest BCUT2D eigenvalue weighted by Gasteiger charge is -2.17. The quantitative estimate of drug-likeness (QED) is 0.926. The van der Waals surface area contributed by atoms with Crippen LogP contribution in [0.5, 0.6) is 0 Å². The molecule has 0 fully saturated rings. The number of benzene rings is 2. The highest BCUT2D eigenvalue weighted by atomic mass is 16.2. The molecule has 0 atom stereocenters. The summed E-state index contributed by atoms with van der Waals surface area (Å²) in [5, 5.41) is 0. The Kier molecular flexibility index (Phi) is 4.53. The Morgan fingerprint density at radius 1 is 1.10 bits per heavy atom. The first-order chi connectivity index (χ1) is 9.60. The summed E-state index contributed by atoms with van der Waals surface area (Å²) in [6, 6.07) is 15.7. The lowest BCUT2D eigenvalue weighted by molar-refractivity contribution is 0.0785. The van der Waals surface area contributed by atoms with Crippen LogP contribution in [0.4, 0.5) is 0 Å². The van der Waals surface area contributed by atoms with Gasteiger partial charge >= 0.3 is 0 Å². The summed E-state index contributed by atoms with van der Waals surface area (Å²) in [6.45, 7) is 3.12. The van der Waals surface area contributed by atoms with Crippen LogP contribution in [-0.4, -0.2) is 17.9 Å². The van der Waals surface area contributed by atoms with Crippen molar-refractivity contribution in [2.45, 2.75) is 20.0 Å². The first-order valence-electron chi connectivity index (χ1n) is 6.70. The second-order valence-electron chi connectivity index (χ2n) is 5.05. The van der Waals surface area contributed by atoms with E-state index in [-0.39, 0.29) is 5.91 Å². The standard InChI is InChI=1S/C17H20N2O/c1-13-4-3-5-16(10-13)17(20)19(2)12-15-8-6-14(11-18)7-9-15/h3-10H,11-12,18H2,1-2H3. The summed E-state index contributed by atoms with van der Waals surface area (Å²) in [6.07, 6.45) is 0. The number of carbonyl (C=O) groups excluding carboxylic acids is 1. The van der Waals surface area contributed by atoms with Crippen molar-refractivity contribution < 1.29 is 4.79 Å². The first-order valence-corrected chi connectivity index (χ1v) is 6.70. The van der Waals surface area contributed by atoms with Gasteiger partial charge in [0.05, 0.1) is 0 Å². The molecule has 20 heavy (non-hydrogen) atoms. The number of nitrogens with two attached hydrogens (primary N) is 1. The molecule has 104 valence electrons. The zero-order valence-electron chi connectivity index (χ0n) is 12.0. The molecule has 2 rings (SSSR count). The topological polar surface area (TPSA) is 46.3 Å². The number of hydrogen-bond donors (Lipinski definition) is 1. The van der Waals surface area contributed by atoms with Gasteiger partial charge in [-0.05, 0) is 30.2 Å². The average molecular weight is 268 g/mol. The van der Waals surface area contributed by atoms with Crippen molar-refractivity contribution in [3.05, 3.63) is 70.8 Å². The molecular formula is C17H20N2O. The maximum Gasteiger partial charge on any atom is 0.253 e. The minimum absolute atomic E-state index is 0.0385. The minimum atomic E-state index is 0.0385. The molecule has 0 saturated heterocycles. The van der Waals surface area contributed by atoms with Crippen molar-refractivity contribution in [2.75, 3.05) is 7.05 Å². The van der Waals surface area contributed by atoms with E-state index in [9.17, 15) is 4.79 Å². The van der Waals surface area contributed by atoms with Crippen molar-refractivity contribution in [1.82, 2.24) is 4.90 Å². The fourth-order valence-corrected chi connectivity index (χ4v) is 2.12. The van der Waals surface area contributed by atoms with Gasteiger partial charge in [-0.3, -0.25) is 4.79 Å². The molecule has 2 aromatic rings. The van der Waals surface area contributed by atoms with Gasteiger partial charge < -0.3 is 10.6 Å². The average Bonchev–Trinajstić information content (AvgIpc) is 2.47. The Hall–Kier alpha value is -2.13. The Bertz CT molecular complexity index is 590.